The van der Waals surface area contributed by atoms with E-state index in [9.17, 15) is 5.11 Å². The van der Waals surface area contributed by atoms with E-state index in [1.807, 2.05) is 0 Å². The second kappa shape index (κ2) is 4.96. The number of nitrogens with two attached hydrogens (primary N) is 1. The molecule has 0 aromatic carbocycles. The van der Waals surface area contributed by atoms with E-state index in [4.69, 9.17) is 5.73 Å². The first-order valence-corrected chi connectivity index (χ1v) is 4.19. The average molecular weight is 180 g/mol. The molecule has 0 amide bonds. The third-order valence-electron chi connectivity index (χ3n) is 2.41. The topological polar surface area (TPSA) is 46.2 Å². The first-order valence-electron chi connectivity index (χ1n) is 4.19. The zero-order chi connectivity index (χ0) is 7.45. The summed E-state index contributed by atoms with van der Waals surface area (Å²) in [6.07, 6.45) is 6.64. The second-order valence-electron chi connectivity index (χ2n) is 3.34. The normalized spacial score (nSPS) is 23.5. The maximum Gasteiger partial charge on any atom is 0.0769 e. The second-order valence-corrected chi connectivity index (χ2v) is 3.34. The van der Waals surface area contributed by atoms with Crippen LogP contribution in [-0.2, 0) is 0 Å². The van der Waals surface area contributed by atoms with Gasteiger partial charge in [-0.25, -0.2) is 0 Å². The molecule has 0 aromatic heterocycles. The van der Waals surface area contributed by atoms with E-state index in [0.29, 0.717) is 6.54 Å². The fourth-order valence-electron chi connectivity index (χ4n) is 1.59. The summed E-state index contributed by atoms with van der Waals surface area (Å²) in [6.45, 7) is 0.438. The molecule has 68 valence electrons. The van der Waals surface area contributed by atoms with Crippen LogP contribution in [-0.4, -0.2) is 17.3 Å². The van der Waals surface area contributed by atoms with Gasteiger partial charge >= 0.3 is 0 Å². The molecule has 0 heterocycles. The number of hydrogen-bond acceptors (Lipinski definition) is 2. The van der Waals surface area contributed by atoms with E-state index in [2.05, 4.69) is 0 Å². The summed E-state index contributed by atoms with van der Waals surface area (Å²) >= 11 is 0. The largest absolute Gasteiger partial charge is 0.389 e. The van der Waals surface area contributed by atoms with E-state index < -0.39 is 5.60 Å². The van der Waals surface area contributed by atoms with E-state index in [-0.39, 0.29) is 12.4 Å². The SMILES string of the molecule is Cl.NCC1(O)CCCCCC1. The summed E-state index contributed by atoms with van der Waals surface area (Å²) in [5.41, 5.74) is 4.94. The monoisotopic (exact) mass is 179 g/mol. The van der Waals surface area contributed by atoms with Crippen molar-refractivity contribution in [2.75, 3.05) is 6.54 Å². The van der Waals surface area contributed by atoms with Crippen molar-refractivity contribution in [2.45, 2.75) is 44.1 Å². The minimum atomic E-state index is -0.517. The molecular formula is C8H18ClNO. The van der Waals surface area contributed by atoms with Crippen molar-refractivity contribution in [3.63, 3.8) is 0 Å². The van der Waals surface area contributed by atoms with Crippen LogP contribution in [0.15, 0.2) is 0 Å². The molecule has 3 N–H and O–H groups in total. The molecule has 0 saturated heterocycles. The third-order valence-corrected chi connectivity index (χ3v) is 2.41. The molecule has 0 bridgehead atoms. The smallest absolute Gasteiger partial charge is 0.0769 e. The van der Waals surface area contributed by atoms with Gasteiger partial charge < -0.3 is 10.8 Å². The van der Waals surface area contributed by atoms with Gasteiger partial charge in [-0.05, 0) is 12.8 Å². The van der Waals surface area contributed by atoms with Crippen LogP contribution in [0.1, 0.15) is 38.5 Å². The van der Waals surface area contributed by atoms with Crippen LogP contribution in [0, 0.1) is 0 Å². The molecule has 1 aliphatic rings. The van der Waals surface area contributed by atoms with Gasteiger partial charge in [-0.15, -0.1) is 12.4 Å². The van der Waals surface area contributed by atoms with Crippen LogP contribution in [0.3, 0.4) is 0 Å². The summed E-state index contributed by atoms with van der Waals surface area (Å²) < 4.78 is 0. The van der Waals surface area contributed by atoms with Crippen molar-refractivity contribution in [2.24, 2.45) is 5.73 Å². The van der Waals surface area contributed by atoms with Crippen molar-refractivity contribution in [3.05, 3.63) is 0 Å². The first kappa shape index (κ1) is 11.2. The molecule has 0 aliphatic heterocycles. The first-order chi connectivity index (χ1) is 4.77. The van der Waals surface area contributed by atoms with Crippen molar-refractivity contribution < 1.29 is 5.11 Å². The summed E-state index contributed by atoms with van der Waals surface area (Å²) in [5.74, 6) is 0. The van der Waals surface area contributed by atoms with Gasteiger partial charge in [0.1, 0.15) is 0 Å². The highest BCUT2D eigenvalue weighted by atomic mass is 35.5. The molecule has 0 spiro atoms. The highest BCUT2D eigenvalue weighted by Crippen LogP contribution is 2.25. The van der Waals surface area contributed by atoms with Crippen LogP contribution in [0.4, 0.5) is 0 Å². The summed E-state index contributed by atoms with van der Waals surface area (Å²) in [4.78, 5) is 0. The summed E-state index contributed by atoms with van der Waals surface area (Å²) in [6, 6.07) is 0. The van der Waals surface area contributed by atoms with Gasteiger partial charge in [-0.2, -0.15) is 0 Å². The van der Waals surface area contributed by atoms with Crippen LogP contribution in [0.5, 0.6) is 0 Å². The Morgan fingerprint density at radius 3 is 1.91 bits per heavy atom. The van der Waals surface area contributed by atoms with Gasteiger partial charge in [-0.1, -0.05) is 25.7 Å². The summed E-state index contributed by atoms with van der Waals surface area (Å²) in [7, 11) is 0. The van der Waals surface area contributed by atoms with Gasteiger partial charge in [0.05, 0.1) is 5.60 Å². The molecule has 1 aliphatic carbocycles. The number of rotatable bonds is 1. The molecule has 1 fully saturated rings. The fourth-order valence-corrected chi connectivity index (χ4v) is 1.59. The Labute approximate surface area is 74.6 Å². The lowest BCUT2D eigenvalue weighted by Gasteiger charge is -2.23. The van der Waals surface area contributed by atoms with Gasteiger partial charge in [0.15, 0.2) is 0 Å². The Kier molecular flexibility index (Phi) is 5.06. The Balaban J connectivity index is 0.000001000. The summed E-state index contributed by atoms with van der Waals surface area (Å²) in [5, 5.41) is 9.74. The number of halogens is 1. The van der Waals surface area contributed by atoms with Gasteiger partial charge in [0, 0.05) is 6.54 Å². The highest BCUT2D eigenvalue weighted by molar-refractivity contribution is 5.85. The van der Waals surface area contributed by atoms with Crippen LogP contribution in [0.2, 0.25) is 0 Å². The molecule has 1 saturated carbocycles. The minimum absolute atomic E-state index is 0. The predicted octanol–water partition coefficient (Wildman–Crippen LogP) is 1.45. The Morgan fingerprint density at radius 1 is 1.09 bits per heavy atom. The lowest BCUT2D eigenvalue weighted by molar-refractivity contribution is 0.0339. The van der Waals surface area contributed by atoms with E-state index in [0.717, 1.165) is 25.7 Å². The van der Waals surface area contributed by atoms with Crippen molar-refractivity contribution in [1.29, 1.82) is 0 Å². The van der Waals surface area contributed by atoms with Crippen LogP contribution < -0.4 is 5.73 Å². The van der Waals surface area contributed by atoms with Crippen molar-refractivity contribution in [1.82, 2.24) is 0 Å². The predicted molar refractivity (Wildman–Crippen MR) is 49.0 cm³/mol. The molecule has 2 nitrogen and oxygen atoms in total. The maximum atomic E-state index is 9.74. The highest BCUT2D eigenvalue weighted by Gasteiger charge is 2.25. The molecule has 0 radical (unpaired) electrons. The molecule has 1 rings (SSSR count). The van der Waals surface area contributed by atoms with Gasteiger partial charge in [0.2, 0.25) is 0 Å². The van der Waals surface area contributed by atoms with Crippen molar-refractivity contribution >= 4 is 12.4 Å². The average Bonchev–Trinajstić information content (AvgIpc) is 2.15. The Morgan fingerprint density at radius 2 is 1.55 bits per heavy atom. The molecule has 11 heavy (non-hydrogen) atoms. The number of hydrogen-bond donors (Lipinski definition) is 2. The Bertz CT molecular complexity index is 100. The number of aliphatic hydroxyl groups is 1. The van der Waals surface area contributed by atoms with E-state index in [1.54, 1.807) is 0 Å². The van der Waals surface area contributed by atoms with Gasteiger partial charge in [0.25, 0.3) is 0 Å². The van der Waals surface area contributed by atoms with Crippen molar-refractivity contribution in [3.8, 4) is 0 Å². The molecule has 3 heteroatoms. The Hall–Kier alpha value is 0.210. The minimum Gasteiger partial charge on any atom is -0.389 e. The molecule has 0 unspecified atom stereocenters. The van der Waals surface area contributed by atoms with Crippen LogP contribution in [0.25, 0.3) is 0 Å². The lowest BCUT2D eigenvalue weighted by atomic mass is 9.95. The quantitative estimate of drug-likeness (QED) is 0.599. The standard InChI is InChI=1S/C8H17NO.ClH/c9-7-8(10)5-3-1-2-4-6-8;/h10H,1-7,9H2;1H. The maximum absolute atomic E-state index is 9.74. The lowest BCUT2D eigenvalue weighted by Crippen LogP contribution is -2.36. The van der Waals surface area contributed by atoms with Crippen LogP contribution >= 0.6 is 12.4 Å². The van der Waals surface area contributed by atoms with E-state index in [1.165, 1.54) is 12.8 Å². The van der Waals surface area contributed by atoms with Gasteiger partial charge in [-0.3, -0.25) is 0 Å². The molecule has 0 aromatic rings. The third kappa shape index (κ3) is 3.41. The van der Waals surface area contributed by atoms with E-state index >= 15 is 0 Å². The molecule has 0 atom stereocenters. The zero-order valence-electron chi connectivity index (χ0n) is 6.88. The molecular weight excluding hydrogens is 162 g/mol. The zero-order valence-corrected chi connectivity index (χ0v) is 7.70. The fraction of sp³-hybridized carbons (Fsp3) is 1.00.